The van der Waals surface area contributed by atoms with Crippen molar-refractivity contribution in [2.24, 2.45) is 0 Å². The van der Waals surface area contributed by atoms with Gasteiger partial charge in [-0.3, -0.25) is 0 Å². The van der Waals surface area contributed by atoms with Gasteiger partial charge in [-0.15, -0.1) is 0 Å². The van der Waals surface area contributed by atoms with Crippen LogP contribution in [0, 0.1) is 0 Å². The average molecular weight is 292 g/mol. The van der Waals surface area contributed by atoms with Crippen molar-refractivity contribution in [3.05, 3.63) is 29.8 Å². The predicted octanol–water partition coefficient (Wildman–Crippen LogP) is 2.35. The number of aromatic hydroxyl groups is 1. The van der Waals surface area contributed by atoms with Gasteiger partial charge in [0.2, 0.25) is 10.0 Å². The maximum Gasteiger partial charge on any atom is 0.240 e. The maximum absolute atomic E-state index is 11.9. The third kappa shape index (κ3) is 2.01. The molecule has 106 valence electrons. The second-order valence-electron chi connectivity index (χ2n) is 4.89. The highest BCUT2D eigenvalue weighted by molar-refractivity contribution is 7.89. The summed E-state index contributed by atoms with van der Waals surface area (Å²) in [7, 11) is -2.10. The molecule has 1 aromatic carbocycles. The standard InChI is InChI=1S/C14H16N2O3S/c1-15-20(18,19)10-6-7-12-11(8-10)13(14(17)16-12)9-4-2-3-5-9/h4,6-8,15-17H,2-3,5H2,1H3. The number of hydrogen-bond donors (Lipinski definition) is 3. The fraction of sp³-hybridized carbons (Fsp3) is 0.286. The highest BCUT2D eigenvalue weighted by atomic mass is 32.2. The molecule has 1 aliphatic rings. The van der Waals surface area contributed by atoms with Gasteiger partial charge in [0, 0.05) is 16.5 Å². The largest absolute Gasteiger partial charge is 0.494 e. The first kappa shape index (κ1) is 13.2. The molecule has 0 atom stereocenters. The second kappa shape index (κ2) is 4.64. The highest BCUT2D eigenvalue weighted by Crippen LogP contribution is 2.39. The van der Waals surface area contributed by atoms with Gasteiger partial charge in [-0.25, -0.2) is 13.1 Å². The Labute approximate surface area is 117 Å². The van der Waals surface area contributed by atoms with Crippen molar-refractivity contribution in [1.82, 2.24) is 9.71 Å². The van der Waals surface area contributed by atoms with E-state index >= 15 is 0 Å². The minimum Gasteiger partial charge on any atom is -0.494 e. The molecule has 3 rings (SSSR count). The van der Waals surface area contributed by atoms with Crippen molar-refractivity contribution in [2.45, 2.75) is 24.2 Å². The van der Waals surface area contributed by atoms with Crippen LogP contribution in [0.15, 0.2) is 29.2 Å². The molecule has 0 saturated carbocycles. The van der Waals surface area contributed by atoms with Gasteiger partial charge in [0.15, 0.2) is 5.88 Å². The summed E-state index contributed by atoms with van der Waals surface area (Å²) in [6.07, 6.45) is 5.07. The topological polar surface area (TPSA) is 82.2 Å². The van der Waals surface area contributed by atoms with Crippen LogP contribution in [-0.2, 0) is 10.0 Å². The Morgan fingerprint density at radius 1 is 1.35 bits per heavy atom. The van der Waals surface area contributed by atoms with Crippen LogP contribution in [-0.4, -0.2) is 25.6 Å². The predicted molar refractivity (Wildman–Crippen MR) is 78.0 cm³/mol. The third-order valence-electron chi connectivity index (χ3n) is 3.69. The van der Waals surface area contributed by atoms with Crippen LogP contribution in [0.2, 0.25) is 0 Å². The van der Waals surface area contributed by atoms with E-state index in [1.165, 1.54) is 13.1 Å². The summed E-state index contributed by atoms with van der Waals surface area (Å²) in [5, 5.41) is 10.8. The zero-order valence-electron chi connectivity index (χ0n) is 11.1. The van der Waals surface area contributed by atoms with Crippen molar-refractivity contribution in [3.63, 3.8) is 0 Å². The summed E-state index contributed by atoms with van der Waals surface area (Å²) in [6.45, 7) is 0. The Kier molecular flexibility index (Phi) is 3.07. The fourth-order valence-corrected chi connectivity index (χ4v) is 3.42. The van der Waals surface area contributed by atoms with Gasteiger partial charge in [-0.2, -0.15) is 0 Å². The summed E-state index contributed by atoms with van der Waals surface area (Å²) < 4.78 is 26.1. The van der Waals surface area contributed by atoms with Crippen molar-refractivity contribution in [2.75, 3.05) is 7.05 Å². The van der Waals surface area contributed by atoms with Crippen LogP contribution in [0.25, 0.3) is 16.5 Å². The van der Waals surface area contributed by atoms with Gasteiger partial charge in [0.25, 0.3) is 0 Å². The molecule has 0 unspecified atom stereocenters. The summed E-state index contributed by atoms with van der Waals surface area (Å²) in [5.41, 5.74) is 2.54. The van der Waals surface area contributed by atoms with Crippen molar-refractivity contribution in [3.8, 4) is 5.88 Å². The number of aromatic amines is 1. The number of hydrogen-bond acceptors (Lipinski definition) is 3. The Hall–Kier alpha value is -1.79. The summed E-state index contributed by atoms with van der Waals surface area (Å²) in [6, 6.07) is 4.81. The summed E-state index contributed by atoms with van der Waals surface area (Å²) >= 11 is 0. The van der Waals surface area contributed by atoms with Gasteiger partial charge in [0.05, 0.1) is 4.90 Å². The molecule has 0 fully saturated rings. The number of rotatable bonds is 3. The second-order valence-corrected chi connectivity index (χ2v) is 6.77. The number of allylic oxidation sites excluding steroid dienone is 2. The maximum atomic E-state index is 11.9. The van der Waals surface area contributed by atoms with Crippen LogP contribution in [0.5, 0.6) is 5.88 Å². The Morgan fingerprint density at radius 3 is 2.80 bits per heavy atom. The minimum atomic E-state index is -3.49. The Bertz CT molecular complexity index is 803. The van der Waals surface area contributed by atoms with E-state index in [2.05, 4.69) is 15.8 Å². The fourth-order valence-electron chi connectivity index (χ4n) is 2.66. The molecule has 3 N–H and O–H groups in total. The molecular weight excluding hydrogens is 276 g/mol. The lowest BCUT2D eigenvalue weighted by Crippen LogP contribution is -2.18. The lowest BCUT2D eigenvalue weighted by molar-refractivity contribution is 0.456. The number of fused-ring (bicyclic) bond motifs is 1. The molecule has 0 saturated heterocycles. The molecule has 5 nitrogen and oxygen atoms in total. The van der Waals surface area contributed by atoms with Crippen LogP contribution in [0.4, 0.5) is 0 Å². The first-order valence-electron chi connectivity index (χ1n) is 6.50. The molecule has 0 bridgehead atoms. The van der Waals surface area contributed by atoms with E-state index in [9.17, 15) is 13.5 Å². The minimum absolute atomic E-state index is 0.104. The quantitative estimate of drug-likeness (QED) is 0.812. The third-order valence-corrected chi connectivity index (χ3v) is 5.10. The van der Waals surface area contributed by atoms with Gasteiger partial charge >= 0.3 is 0 Å². The lowest BCUT2D eigenvalue weighted by atomic mass is 10.0. The number of sulfonamides is 1. The van der Waals surface area contributed by atoms with Gasteiger partial charge < -0.3 is 10.1 Å². The normalized spacial score (nSPS) is 15.8. The van der Waals surface area contributed by atoms with Crippen molar-refractivity contribution >= 4 is 26.5 Å². The number of nitrogens with one attached hydrogen (secondary N) is 2. The van der Waals surface area contributed by atoms with E-state index in [0.29, 0.717) is 0 Å². The van der Waals surface area contributed by atoms with Crippen LogP contribution in [0.1, 0.15) is 24.8 Å². The zero-order valence-corrected chi connectivity index (χ0v) is 11.9. The van der Waals surface area contributed by atoms with Crippen LogP contribution >= 0.6 is 0 Å². The molecule has 6 heteroatoms. The Balaban J connectivity index is 2.25. The van der Waals surface area contributed by atoms with E-state index < -0.39 is 10.0 Å². The smallest absolute Gasteiger partial charge is 0.240 e. The highest BCUT2D eigenvalue weighted by Gasteiger charge is 2.20. The number of benzene rings is 1. The van der Waals surface area contributed by atoms with Crippen LogP contribution < -0.4 is 4.72 Å². The SMILES string of the molecule is CNS(=O)(=O)c1ccc2[nH]c(O)c(C3=CCCC3)c2c1. The molecule has 0 spiro atoms. The Morgan fingerprint density at radius 2 is 2.15 bits per heavy atom. The molecule has 1 aromatic heterocycles. The first-order chi connectivity index (χ1) is 9.53. The monoisotopic (exact) mass is 292 g/mol. The number of aromatic nitrogens is 1. The molecule has 0 aliphatic heterocycles. The van der Waals surface area contributed by atoms with E-state index in [4.69, 9.17) is 0 Å². The molecule has 1 heterocycles. The zero-order chi connectivity index (χ0) is 14.3. The molecule has 20 heavy (non-hydrogen) atoms. The first-order valence-corrected chi connectivity index (χ1v) is 7.99. The average Bonchev–Trinajstić information content (AvgIpc) is 3.03. The number of H-pyrrole nitrogens is 1. The van der Waals surface area contributed by atoms with Gasteiger partial charge in [0.1, 0.15) is 0 Å². The molecule has 0 radical (unpaired) electrons. The van der Waals surface area contributed by atoms with E-state index in [-0.39, 0.29) is 10.8 Å². The molecular formula is C14H16N2O3S. The molecule has 1 aliphatic carbocycles. The summed E-state index contributed by atoms with van der Waals surface area (Å²) in [4.78, 5) is 3.10. The van der Waals surface area contributed by atoms with Crippen LogP contribution in [0.3, 0.4) is 0 Å². The lowest BCUT2D eigenvalue weighted by Gasteiger charge is -2.04. The molecule has 2 aromatic rings. The van der Waals surface area contributed by atoms with E-state index in [0.717, 1.165) is 41.3 Å². The van der Waals surface area contributed by atoms with Crippen molar-refractivity contribution in [1.29, 1.82) is 0 Å². The van der Waals surface area contributed by atoms with Crippen molar-refractivity contribution < 1.29 is 13.5 Å². The van der Waals surface area contributed by atoms with E-state index in [1.807, 2.05) is 0 Å². The van der Waals surface area contributed by atoms with Gasteiger partial charge in [-0.05, 0) is 50.1 Å². The molecule has 0 amide bonds. The summed E-state index contributed by atoms with van der Waals surface area (Å²) in [5.74, 6) is 0.104. The van der Waals surface area contributed by atoms with E-state index in [1.54, 1.807) is 12.1 Å². The van der Waals surface area contributed by atoms with Gasteiger partial charge in [-0.1, -0.05) is 6.08 Å².